The minimum atomic E-state index is -0.389. The maximum atomic E-state index is 13.5. The molecule has 1 aromatic carbocycles. The summed E-state index contributed by atoms with van der Waals surface area (Å²) in [5, 5.41) is 14.5. The second-order valence-electron chi connectivity index (χ2n) is 9.73. The number of nitrogens with zero attached hydrogens (tertiary/aromatic N) is 4. The summed E-state index contributed by atoms with van der Waals surface area (Å²) in [5.41, 5.74) is 3.80. The first-order valence-corrected chi connectivity index (χ1v) is 12.0. The number of aromatic nitrogens is 3. The average molecular weight is 475 g/mol. The molecule has 10 nitrogen and oxygen atoms in total. The first kappa shape index (κ1) is 21.6. The minimum absolute atomic E-state index is 0.00181. The van der Waals surface area contributed by atoms with E-state index in [0.717, 1.165) is 29.1 Å². The molecule has 1 fully saturated rings. The Labute approximate surface area is 201 Å². The largest absolute Gasteiger partial charge is 0.366 e. The van der Waals surface area contributed by atoms with Gasteiger partial charge in [-0.25, -0.2) is 4.98 Å². The van der Waals surface area contributed by atoms with Gasteiger partial charge in [0.1, 0.15) is 0 Å². The molecule has 2 unspecified atom stereocenters. The number of anilines is 1. The Morgan fingerprint density at radius 1 is 1.26 bits per heavy atom. The lowest BCUT2D eigenvalue weighted by atomic mass is 9.70. The monoisotopic (exact) mass is 474 g/mol. The van der Waals surface area contributed by atoms with E-state index in [1.165, 1.54) is 0 Å². The van der Waals surface area contributed by atoms with Gasteiger partial charge in [-0.05, 0) is 36.5 Å². The van der Waals surface area contributed by atoms with Gasteiger partial charge in [0.2, 0.25) is 5.91 Å². The number of pyridine rings is 1. The number of carbonyl (C=O) groups excluding carboxylic acids is 1. The van der Waals surface area contributed by atoms with Crippen molar-refractivity contribution in [2.75, 3.05) is 18.0 Å². The lowest BCUT2D eigenvalue weighted by Gasteiger charge is -2.54. The molecule has 2 bridgehead atoms. The predicted molar refractivity (Wildman–Crippen MR) is 128 cm³/mol. The van der Waals surface area contributed by atoms with Crippen LogP contribution in [0.25, 0.3) is 0 Å². The number of H-pyrrole nitrogens is 1. The fourth-order valence-electron chi connectivity index (χ4n) is 6.32. The van der Waals surface area contributed by atoms with Crippen molar-refractivity contribution in [2.24, 2.45) is 11.8 Å². The SMILES string of the molecule is O=C(NCCc1cnc[nH]1)[C@@H]1Cc2cc([N+](=O)[O-])ccc2N2CC3CC(Cn4c3cccc4=O)[C@@H]12. The lowest BCUT2D eigenvalue weighted by Crippen LogP contribution is -2.61. The number of fused-ring (bicyclic) bond motifs is 8. The molecular formula is C25H26N6O4. The first-order valence-electron chi connectivity index (χ1n) is 12.0. The van der Waals surface area contributed by atoms with E-state index in [9.17, 15) is 19.7 Å². The van der Waals surface area contributed by atoms with Crippen LogP contribution in [0.4, 0.5) is 11.4 Å². The smallest absolute Gasteiger partial charge is 0.269 e. The van der Waals surface area contributed by atoms with Crippen molar-refractivity contribution < 1.29 is 9.72 Å². The van der Waals surface area contributed by atoms with Crippen molar-refractivity contribution in [3.05, 3.63) is 86.3 Å². The van der Waals surface area contributed by atoms with Gasteiger partial charge in [-0.3, -0.25) is 19.7 Å². The Morgan fingerprint density at radius 2 is 2.14 bits per heavy atom. The lowest BCUT2D eigenvalue weighted by molar-refractivity contribution is -0.384. The van der Waals surface area contributed by atoms with E-state index in [1.54, 1.807) is 30.7 Å². The number of imidazole rings is 1. The molecule has 0 radical (unpaired) electrons. The van der Waals surface area contributed by atoms with Gasteiger partial charge in [-0.2, -0.15) is 0 Å². The number of benzene rings is 1. The second kappa shape index (κ2) is 8.37. The van der Waals surface area contributed by atoms with Crippen LogP contribution in [0.15, 0.2) is 53.7 Å². The van der Waals surface area contributed by atoms with Crippen LogP contribution in [-0.2, 0) is 24.2 Å². The Morgan fingerprint density at radius 3 is 2.94 bits per heavy atom. The molecule has 1 saturated heterocycles. The van der Waals surface area contributed by atoms with Gasteiger partial charge in [-0.1, -0.05) is 6.07 Å². The molecular weight excluding hydrogens is 448 g/mol. The standard InChI is InChI=1S/C25H26N6O4/c32-23-3-1-2-21-16-8-17(13-29(21)23)24-20(25(33)27-7-6-18-11-26-14-28-18)10-15-9-19(31(34)35)4-5-22(15)30(24)12-16/h1-5,9,11,14,16-17,20,24H,6-8,10,12-13H2,(H,26,28)(H,27,33)/t16?,17?,20-,24+/m1/s1. The molecule has 1 amide bonds. The molecule has 0 aliphatic carbocycles. The van der Waals surface area contributed by atoms with Crippen molar-refractivity contribution in [1.82, 2.24) is 19.9 Å². The third kappa shape index (κ3) is 3.69. The summed E-state index contributed by atoms with van der Waals surface area (Å²) >= 11 is 0. The minimum Gasteiger partial charge on any atom is -0.366 e. The molecule has 3 aromatic rings. The Hall–Kier alpha value is -3.95. The quantitative estimate of drug-likeness (QED) is 0.430. The third-order valence-corrected chi connectivity index (χ3v) is 7.79. The fraction of sp³-hybridized carbons (Fsp3) is 0.400. The molecule has 3 aliphatic rings. The Balaban J connectivity index is 1.35. The summed E-state index contributed by atoms with van der Waals surface area (Å²) in [6, 6.07) is 10.3. The highest BCUT2D eigenvalue weighted by molar-refractivity contribution is 5.82. The summed E-state index contributed by atoms with van der Waals surface area (Å²) in [4.78, 5) is 46.5. The summed E-state index contributed by atoms with van der Waals surface area (Å²) < 4.78 is 1.87. The van der Waals surface area contributed by atoms with Crippen LogP contribution in [0, 0.1) is 22.0 Å². The molecule has 4 atom stereocenters. The molecule has 2 aromatic heterocycles. The number of nitrogens with one attached hydrogen (secondary N) is 2. The zero-order chi connectivity index (χ0) is 24.1. The van der Waals surface area contributed by atoms with Crippen LogP contribution >= 0.6 is 0 Å². The number of nitro groups is 1. The van der Waals surface area contributed by atoms with Gasteiger partial charge >= 0.3 is 0 Å². The molecule has 3 aliphatic heterocycles. The van der Waals surface area contributed by atoms with Gasteiger partial charge in [0.05, 0.1) is 17.2 Å². The number of hydrogen-bond donors (Lipinski definition) is 2. The van der Waals surface area contributed by atoms with Crippen LogP contribution in [0.3, 0.4) is 0 Å². The summed E-state index contributed by atoms with van der Waals surface area (Å²) in [7, 11) is 0. The maximum absolute atomic E-state index is 13.5. The van der Waals surface area contributed by atoms with Crippen molar-refractivity contribution in [1.29, 1.82) is 0 Å². The Kier molecular flexibility index (Phi) is 5.16. The van der Waals surface area contributed by atoms with Crippen LogP contribution < -0.4 is 15.8 Å². The highest BCUT2D eigenvalue weighted by atomic mass is 16.6. The number of carbonyl (C=O) groups is 1. The average Bonchev–Trinajstić information content (AvgIpc) is 3.37. The summed E-state index contributed by atoms with van der Waals surface area (Å²) in [6.45, 7) is 1.72. The molecule has 180 valence electrons. The number of rotatable bonds is 5. The van der Waals surface area contributed by atoms with Crippen molar-refractivity contribution >= 4 is 17.3 Å². The number of non-ortho nitro benzene ring substituents is 1. The third-order valence-electron chi connectivity index (χ3n) is 7.79. The molecule has 35 heavy (non-hydrogen) atoms. The number of hydrogen-bond acceptors (Lipinski definition) is 6. The number of piperidine rings is 1. The van der Waals surface area contributed by atoms with Crippen LogP contribution in [0.5, 0.6) is 0 Å². The van der Waals surface area contributed by atoms with Gasteiger partial charge in [0.25, 0.3) is 11.2 Å². The molecule has 6 rings (SSSR count). The highest BCUT2D eigenvalue weighted by Gasteiger charge is 2.49. The topological polar surface area (TPSA) is 126 Å². The maximum Gasteiger partial charge on any atom is 0.269 e. The summed E-state index contributed by atoms with van der Waals surface area (Å²) in [5.74, 6) is -0.114. The van der Waals surface area contributed by atoms with E-state index in [4.69, 9.17) is 0 Å². The molecule has 0 saturated carbocycles. The number of nitro benzene ring substituents is 1. The molecule has 2 N–H and O–H groups in total. The summed E-state index contributed by atoms with van der Waals surface area (Å²) in [6.07, 6.45) is 5.35. The van der Waals surface area contributed by atoms with E-state index >= 15 is 0 Å². The van der Waals surface area contributed by atoms with Gasteiger partial charge in [-0.15, -0.1) is 0 Å². The zero-order valence-corrected chi connectivity index (χ0v) is 19.1. The van der Waals surface area contributed by atoms with Gasteiger partial charge in [0.15, 0.2) is 0 Å². The Bertz CT molecular complexity index is 1350. The molecule has 0 spiro atoms. The normalized spacial score (nSPS) is 24.2. The van der Waals surface area contributed by atoms with E-state index in [1.807, 2.05) is 22.8 Å². The number of amides is 1. The van der Waals surface area contributed by atoms with Crippen molar-refractivity contribution in [3.63, 3.8) is 0 Å². The van der Waals surface area contributed by atoms with Crippen molar-refractivity contribution in [3.8, 4) is 0 Å². The van der Waals surface area contributed by atoms with E-state index in [2.05, 4.69) is 20.2 Å². The zero-order valence-electron chi connectivity index (χ0n) is 19.1. The molecule has 10 heteroatoms. The predicted octanol–water partition coefficient (Wildman–Crippen LogP) is 2.00. The van der Waals surface area contributed by atoms with Gasteiger partial charge in [0, 0.05) is 79.5 Å². The van der Waals surface area contributed by atoms with Crippen LogP contribution in [0.2, 0.25) is 0 Å². The van der Waals surface area contributed by atoms with Crippen molar-refractivity contribution in [2.45, 2.75) is 37.8 Å². The van der Waals surface area contributed by atoms with E-state index in [-0.39, 0.29) is 45.9 Å². The fourth-order valence-corrected chi connectivity index (χ4v) is 6.32. The first-order chi connectivity index (χ1) is 17.0. The number of aromatic amines is 1. The van der Waals surface area contributed by atoms with E-state index < -0.39 is 0 Å². The molecule has 5 heterocycles. The highest BCUT2D eigenvalue weighted by Crippen LogP contribution is 2.47. The second-order valence-corrected chi connectivity index (χ2v) is 9.73. The van der Waals surface area contributed by atoms with Gasteiger partial charge < -0.3 is 19.8 Å². The van der Waals surface area contributed by atoms with Crippen LogP contribution in [0.1, 0.15) is 29.3 Å². The van der Waals surface area contributed by atoms with Crippen LogP contribution in [-0.4, -0.2) is 44.5 Å². The van der Waals surface area contributed by atoms with E-state index in [0.29, 0.717) is 32.5 Å².